The quantitative estimate of drug-likeness (QED) is 0.896. The normalized spacial score (nSPS) is 17.3. The number of aryl methyl sites for hydroxylation is 1. The van der Waals surface area contributed by atoms with E-state index in [0.717, 1.165) is 36.9 Å². The summed E-state index contributed by atoms with van der Waals surface area (Å²) in [5, 5.41) is 12.6. The fourth-order valence-electron chi connectivity index (χ4n) is 2.86. The Morgan fingerprint density at radius 2 is 2.19 bits per heavy atom. The van der Waals surface area contributed by atoms with Crippen molar-refractivity contribution >= 4 is 11.7 Å². The molecule has 1 aromatic heterocycles. The van der Waals surface area contributed by atoms with E-state index in [9.17, 15) is 9.90 Å². The number of urea groups is 1. The van der Waals surface area contributed by atoms with Crippen LogP contribution in [0, 0.1) is 6.92 Å². The van der Waals surface area contributed by atoms with Crippen LogP contribution in [0.5, 0.6) is 0 Å². The number of aliphatic hydroxyl groups excluding tert-OH is 1. The molecule has 1 heterocycles. The van der Waals surface area contributed by atoms with Gasteiger partial charge in [-0.3, -0.25) is 4.98 Å². The van der Waals surface area contributed by atoms with Gasteiger partial charge in [0, 0.05) is 18.8 Å². The monoisotopic (exact) mass is 291 g/mol. The first-order valence-corrected chi connectivity index (χ1v) is 7.74. The molecule has 0 radical (unpaired) electrons. The van der Waals surface area contributed by atoms with E-state index in [0.29, 0.717) is 6.54 Å². The highest BCUT2D eigenvalue weighted by molar-refractivity contribution is 5.90. The van der Waals surface area contributed by atoms with Crippen LogP contribution in [0.3, 0.4) is 0 Å². The average Bonchev–Trinajstić information content (AvgIpc) is 2.48. The maximum atomic E-state index is 12.6. The highest BCUT2D eigenvalue weighted by Crippen LogP contribution is 2.24. The van der Waals surface area contributed by atoms with Gasteiger partial charge in [0.2, 0.25) is 0 Å². The van der Waals surface area contributed by atoms with Gasteiger partial charge in [0.25, 0.3) is 0 Å². The molecule has 1 aliphatic carbocycles. The van der Waals surface area contributed by atoms with Crippen LogP contribution in [0.4, 0.5) is 10.5 Å². The molecule has 1 saturated carbocycles. The van der Waals surface area contributed by atoms with Gasteiger partial charge in [0.05, 0.1) is 18.0 Å². The Morgan fingerprint density at radius 3 is 2.81 bits per heavy atom. The van der Waals surface area contributed by atoms with E-state index >= 15 is 0 Å². The van der Waals surface area contributed by atoms with Crippen molar-refractivity contribution in [3.8, 4) is 0 Å². The zero-order chi connectivity index (χ0) is 15.2. The van der Waals surface area contributed by atoms with E-state index in [1.165, 1.54) is 6.42 Å². The second-order valence-corrected chi connectivity index (χ2v) is 5.91. The highest BCUT2D eigenvalue weighted by Gasteiger charge is 2.26. The molecule has 1 aromatic rings. The Balaban J connectivity index is 2.08. The molecule has 1 unspecified atom stereocenters. The number of carbonyl (C=O) groups is 1. The summed E-state index contributed by atoms with van der Waals surface area (Å²) < 4.78 is 0. The third-order valence-corrected chi connectivity index (χ3v) is 4.02. The standard InChI is InChI=1S/C16H25N3O2/c1-12-8-9-17-10-15(12)18-16(21)19(11-13(2)20)14-6-4-3-5-7-14/h8-10,13-14,20H,3-7,11H2,1-2H3,(H,18,21). The number of anilines is 1. The maximum Gasteiger partial charge on any atom is 0.322 e. The van der Waals surface area contributed by atoms with Crippen LogP contribution in [-0.4, -0.2) is 39.7 Å². The Morgan fingerprint density at radius 1 is 1.48 bits per heavy atom. The largest absolute Gasteiger partial charge is 0.392 e. The van der Waals surface area contributed by atoms with Gasteiger partial charge < -0.3 is 15.3 Å². The minimum Gasteiger partial charge on any atom is -0.392 e. The second-order valence-electron chi connectivity index (χ2n) is 5.91. The number of amides is 2. The van der Waals surface area contributed by atoms with E-state index < -0.39 is 6.10 Å². The minimum absolute atomic E-state index is 0.140. The molecule has 2 amide bonds. The first-order chi connectivity index (χ1) is 10.1. The summed E-state index contributed by atoms with van der Waals surface area (Å²) >= 11 is 0. The van der Waals surface area contributed by atoms with Gasteiger partial charge in [-0.1, -0.05) is 19.3 Å². The third-order valence-electron chi connectivity index (χ3n) is 4.02. The van der Waals surface area contributed by atoms with Crippen molar-refractivity contribution in [1.29, 1.82) is 0 Å². The van der Waals surface area contributed by atoms with Crippen LogP contribution in [-0.2, 0) is 0 Å². The van der Waals surface area contributed by atoms with E-state index in [4.69, 9.17) is 0 Å². The molecule has 1 fully saturated rings. The Kier molecular flexibility index (Phi) is 5.56. The Labute approximate surface area is 126 Å². The molecule has 21 heavy (non-hydrogen) atoms. The van der Waals surface area contributed by atoms with Gasteiger partial charge in [0.15, 0.2) is 0 Å². The molecule has 5 nitrogen and oxygen atoms in total. The Hall–Kier alpha value is -1.62. The Bertz CT molecular complexity index is 470. The maximum absolute atomic E-state index is 12.6. The molecule has 0 bridgehead atoms. The topological polar surface area (TPSA) is 65.5 Å². The summed E-state index contributed by atoms with van der Waals surface area (Å²) in [6.45, 7) is 4.03. The molecule has 1 aliphatic rings. The molecule has 116 valence electrons. The number of aliphatic hydroxyl groups is 1. The van der Waals surface area contributed by atoms with Crippen LogP contribution in [0.1, 0.15) is 44.6 Å². The van der Waals surface area contributed by atoms with Gasteiger partial charge in [-0.15, -0.1) is 0 Å². The fraction of sp³-hybridized carbons (Fsp3) is 0.625. The molecule has 0 aliphatic heterocycles. The lowest BCUT2D eigenvalue weighted by molar-refractivity contribution is 0.105. The molecule has 2 rings (SSSR count). The molecule has 0 saturated heterocycles. The molecule has 5 heteroatoms. The van der Waals surface area contributed by atoms with Crippen LogP contribution >= 0.6 is 0 Å². The van der Waals surface area contributed by atoms with E-state index in [1.807, 2.05) is 13.0 Å². The summed E-state index contributed by atoms with van der Waals surface area (Å²) in [7, 11) is 0. The number of hydrogen-bond donors (Lipinski definition) is 2. The lowest BCUT2D eigenvalue weighted by atomic mass is 9.94. The van der Waals surface area contributed by atoms with Crippen molar-refractivity contribution in [3.05, 3.63) is 24.0 Å². The first-order valence-electron chi connectivity index (χ1n) is 7.74. The molecule has 1 atom stereocenters. The molecule has 0 aromatic carbocycles. The summed E-state index contributed by atoms with van der Waals surface area (Å²) in [5.41, 5.74) is 1.72. The minimum atomic E-state index is -0.521. The molecular weight excluding hydrogens is 266 g/mol. The lowest BCUT2D eigenvalue weighted by Gasteiger charge is -2.35. The summed E-state index contributed by atoms with van der Waals surface area (Å²) in [6, 6.07) is 1.96. The predicted molar refractivity (Wildman–Crippen MR) is 83.3 cm³/mol. The number of aromatic nitrogens is 1. The van der Waals surface area contributed by atoms with Gasteiger partial charge >= 0.3 is 6.03 Å². The first kappa shape index (κ1) is 15.8. The summed E-state index contributed by atoms with van der Waals surface area (Å²) in [4.78, 5) is 18.4. The van der Waals surface area contributed by atoms with Gasteiger partial charge in [-0.2, -0.15) is 0 Å². The van der Waals surface area contributed by atoms with Crippen LogP contribution in [0.25, 0.3) is 0 Å². The SMILES string of the molecule is Cc1ccncc1NC(=O)N(CC(C)O)C1CCCCC1. The second kappa shape index (κ2) is 7.41. The number of carbonyl (C=O) groups excluding carboxylic acids is 1. The van der Waals surface area contributed by atoms with Crippen molar-refractivity contribution in [2.24, 2.45) is 0 Å². The number of pyridine rings is 1. The summed E-state index contributed by atoms with van der Waals surface area (Å²) in [5.74, 6) is 0. The van der Waals surface area contributed by atoms with Gasteiger partial charge in [-0.05, 0) is 38.3 Å². The van der Waals surface area contributed by atoms with E-state index in [-0.39, 0.29) is 12.1 Å². The van der Waals surface area contributed by atoms with Crippen LogP contribution in [0.2, 0.25) is 0 Å². The molecular formula is C16H25N3O2. The fourth-order valence-corrected chi connectivity index (χ4v) is 2.86. The predicted octanol–water partition coefficient (Wildman–Crippen LogP) is 2.94. The third kappa shape index (κ3) is 4.43. The summed E-state index contributed by atoms with van der Waals surface area (Å²) in [6.07, 6.45) is 8.43. The number of nitrogens with zero attached hydrogens (tertiary/aromatic N) is 2. The average molecular weight is 291 g/mol. The lowest BCUT2D eigenvalue weighted by Crippen LogP contribution is -2.47. The van der Waals surface area contributed by atoms with Crippen LogP contribution < -0.4 is 5.32 Å². The van der Waals surface area contributed by atoms with Crippen molar-refractivity contribution in [2.45, 2.75) is 58.1 Å². The smallest absolute Gasteiger partial charge is 0.322 e. The van der Waals surface area contributed by atoms with E-state index in [1.54, 1.807) is 24.2 Å². The molecule has 0 spiro atoms. The number of nitrogens with one attached hydrogen (secondary N) is 1. The van der Waals surface area contributed by atoms with Gasteiger partial charge in [0.1, 0.15) is 0 Å². The van der Waals surface area contributed by atoms with E-state index in [2.05, 4.69) is 10.3 Å². The zero-order valence-electron chi connectivity index (χ0n) is 12.9. The number of hydrogen-bond acceptors (Lipinski definition) is 3. The molecule has 2 N–H and O–H groups in total. The zero-order valence-corrected chi connectivity index (χ0v) is 12.9. The highest BCUT2D eigenvalue weighted by atomic mass is 16.3. The van der Waals surface area contributed by atoms with Crippen molar-refractivity contribution in [2.75, 3.05) is 11.9 Å². The van der Waals surface area contributed by atoms with Crippen molar-refractivity contribution in [3.63, 3.8) is 0 Å². The van der Waals surface area contributed by atoms with Crippen molar-refractivity contribution in [1.82, 2.24) is 9.88 Å². The van der Waals surface area contributed by atoms with Gasteiger partial charge in [-0.25, -0.2) is 4.79 Å². The number of rotatable bonds is 4. The van der Waals surface area contributed by atoms with Crippen LogP contribution in [0.15, 0.2) is 18.5 Å². The van der Waals surface area contributed by atoms with Crippen molar-refractivity contribution < 1.29 is 9.90 Å².